The van der Waals surface area contributed by atoms with Gasteiger partial charge in [-0.15, -0.1) is 0 Å². The summed E-state index contributed by atoms with van der Waals surface area (Å²) in [5.74, 6) is 7.37. The summed E-state index contributed by atoms with van der Waals surface area (Å²) in [6, 6.07) is 6.27. The number of benzene rings is 1. The van der Waals surface area contributed by atoms with Crippen LogP contribution < -0.4 is 0 Å². The van der Waals surface area contributed by atoms with Gasteiger partial charge in [-0.05, 0) is 37.0 Å². The highest BCUT2D eigenvalue weighted by Gasteiger charge is 2.19. The van der Waals surface area contributed by atoms with E-state index < -0.39 is 0 Å². The van der Waals surface area contributed by atoms with E-state index in [9.17, 15) is 0 Å². The van der Waals surface area contributed by atoms with Gasteiger partial charge in [0.05, 0.1) is 11.7 Å². The van der Waals surface area contributed by atoms with Gasteiger partial charge < -0.3 is 0 Å². The summed E-state index contributed by atoms with van der Waals surface area (Å²) in [5, 5.41) is 5.39. The topological polar surface area (TPSA) is 17.8 Å². The monoisotopic (exact) mass is 210 g/mol. The Morgan fingerprint density at radius 1 is 1.44 bits per heavy atom. The van der Waals surface area contributed by atoms with Crippen molar-refractivity contribution < 1.29 is 0 Å². The van der Waals surface area contributed by atoms with Crippen molar-refractivity contribution in [3.05, 3.63) is 30.0 Å². The molecule has 1 aliphatic carbocycles. The van der Waals surface area contributed by atoms with Crippen LogP contribution in [0.15, 0.2) is 24.4 Å². The SMILES string of the molecule is Cn1ncc2cc(C#CCC3CC3)ccc21. The van der Waals surface area contributed by atoms with Gasteiger partial charge in [0, 0.05) is 24.4 Å². The zero-order chi connectivity index (χ0) is 11.0. The molecule has 80 valence electrons. The number of hydrogen-bond acceptors (Lipinski definition) is 1. The van der Waals surface area contributed by atoms with E-state index in [1.807, 2.05) is 17.9 Å². The van der Waals surface area contributed by atoms with Gasteiger partial charge in [-0.1, -0.05) is 11.8 Å². The molecule has 0 N–H and O–H groups in total. The molecule has 0 saturated heterocycles. The molecule has 2 nitrogen and oxygen atoms in total. The highest BCUT2D eigenvalue weighted by molar-refractivity contribution is 5.80. The van der Waals surface area contributed by atoms with Crippen LogP contribution in [0.3, 0.4) is 0 Å². The fourth-order valence-corrected chi connectivity index (χ4v) is 1.86. The van der Waals surface area contributed by atoms with E-state index in [0.29, 0.717) is 0 Å². The third-order valence-corrected chi connectivity index (χ3v) is 3.07. The van der Waals surface area contributed by atoms with Gasteiger partial charge in [-0.2, -0.15) is 5.10 Å². The fourth-order valence-electron chi connectivity index (χ4n) is 1.86. The van der Waals surface area contributed by atoms with Crippen LogP contribution in [0.2, 0.25) is 0 Å². The maximum atomic E-state index is 4.22. The molecule has 2 aromatic rings. The normalized spacial score (nSPS) is 14.8. The van der Waals surface area contributed by atoms with Gasteiger partial charge in [0.2, 0.25) is 0 Å². The van der Waals surface area contributed by atoms with E-state index in [-0.39, 0.29) is 0 Å². The predicted molar refractivity (Wildman–Crippen MR) is 64.9 cm³/mol. The molecule has 0 unspecified atom stereocenters. The lowest BCUT2D eigenvalue weighted by molar-refractivity contribution is 0.797. The minimum Gasteiger partial charge on any atom is -0.268 e. The first-order valence-electron chi connectivity index (χ1n) is 5.73. The molecule has 3 rings (SSSR count). The molecule has 0 bridgehead atoms. The number of aromatic nitrogens is 2. The highest BCUT2D eigenvalue weighted by Crippen LogP contribution is 2.31. The summed E-state index contributed by atoms with van der Waals surface area (Å²) < 4.78 is 1.89. The van der Waals surface area contributed by atoms with Gasteiger partial charge in [-0.3, -0.25) is 4.68 Å². The molecule has 0 amide bonds. The van der Waals surface area contributed by atoms with Crippen molar-refractivity contribution >= 4 is 10.9 Å². The lowest BCUT2D eigenvalue weighted by Crippen LogP contribution is -1.88. The van der Waals surface area contributed by atoms with E-state index in [1.165, 1.54) is 18.2 Å². The van der Waals surface area contributed by atoms with Crippen molar-refractivity contribution in [2.45, 2.75) is 19.3 Å². The average Bonchev–Trinajstić information content (AvgIpc) is 3.04. The number of fused-ring (bicyclic) bond motifs is 1. The van der Waals surface area contributed by atoms with Gasteiger partial charge in [-0.25, -0.2) is 0 Å². The molecular weight excluding hydrogens is 196 g/mol. The second-order valence-electron chi connectivity index (χ2n) is 4.49. The molecule has 0 atom stereocenters. The Kier molecular flexibility index (Phi) is 2.18. The van der Waals surface area contributed by atoms with E-state index in [1.54, 1.807) is 0 Å². The summed E-state index contributed by atoms with van der Waals surface area (Å²) in [6.07, 6.45) is 5.69. The summed E-state index contributed by atoms with van der Waals surface area (Å²) in [5.41, 5.74) is 2.26. The second kappa shape index (κ2) is 3.68. The van der Waals surface area contributed by atoms with Crippen LogP contribution in [-0.2, 0) is 7.05 Å². The summed E-state index contributed by atoms with van der Waals surface area (Å²) in [4.78, 5) is 0. The molecule has 16 heavy (non-hydrogen) atoms. The Hall–Kier alpha value is -1.75. The Balaban J connectivity index is 1.88. The smallest absolute Gasteiger partial charge is 0.0679 e. The molecule has 1 aromatic carbocycles. The lowest BCUT2D eigenvalue weighted by Gasteiger charge is -1.94. The van der Waals surface area contributed by atoms with Gasteiger partial charge >= 0.3 is 0 Å². The summed E-state index contributed by atoms with van der Waals surface area (Å²) in [7, 11) is 1.96. The summed E-state index contributed by atoms with van der Waals surface area (Å²) >= 11 is 0. The van der Waals surface area contributed by atoms with Gasteiger partial charge in [0.15, 0.2) is 0 Å². The van der Waals surface area contributed by atoms with E-state index in [4.69, 9.17) is 0 Å². The van der Waals surface area contributed by atoms with E-state index in [0.717, 1.165) is 23.4 Å². The molecule has 1 aromatic heterocycles. The molecule has 1 fully saturated rings. The largest absolute Gasteiger partial charge is 0.268 e. The number of nitrogens with zero attached hydrogens (tertiary/aromatic N) is 2. The van der Waals surface area contributed by atoms with Crippen LogP contribution >= 0.6 is 0 Å². The number of rotatable bonds is 1. The third kappa shape index (κ3) is 1.81. The van der Waals surface area contributed by atoms with Crippen molar-refractivity contribution in [2.24, 2.45) is 13.0 Å². The minimum atomic E-state index is 0.884. The zero-order valence-electron chi connectivity index (χ0n) is 9.40. The molecule has 2 heteroatoms. The molecule has 1 saturated carbocycles. The lowest BCUT2D eigenvalue weighted by atomic mass is 10.1. The van der Waals surface area contributed by atoms with Crippen molar-refractivity contribution in [3.63, 3.8) is 0 Å². The van der Waals surface area contributed by atoms with E-state index >= 15 is 0 Å². The summed E-state index contributed by atoms with van der Waals surface area (Å²) in [6.45, 7) is 0. The molecule has 1 aliphatic rings. The Morgan fingerprint density at radius 3 is 3.12 bits per heavy atom. The van der Waals surface area contributed by atoms with Crippen molar-refractivity contribution in [1.82, 2.24) is 9.78 Å². The van der Waals surface area contributed by atoms with Crippen LogP contribution in [0.5, 0.6) is 0 Å². The first-order chi connectivity index (χ1) is 7.83. The Labute approximate surface area is 95.3 Å². The second-order valence-corrected chi connectivity index (χ2v) is 4.49. The van der Waals surface area contributed by atoms with Crippen molar-refractivity contribution in [2.75, 3.05) is 0 Å². The molecule has 0 radical (unpaired) electrons. The highest BCUT2D eigenvalue weighted by atomic mass is 15.2. The Bertz CT molecular complexity index is 580. The molecule has 0 spiro atoms. The van der Waals surface area contributed by atoms with Crippen LogP contribution in [0.25, 0.3) is 10.9 Å². The third-order valence-electron chi connectivity index (χ3n) is 3.07. The molecular formula is C14H14N2. The number of hydrogen-bond donors (Lipinski definition) is 0. The predicted octanol–water partition coefficient (Wildman–Crippen LogP) is 2.72. The first-order valence-corrected chi connectivity index (χ1v) is 5.73. The number of aryl methyl sites for hydroxylation is 1. The van der Waals surface area contributed by atoms with Crippen LogP contribution in [0.4, 0.5) is 0 Å². The van der Waals surface area contributed by atoms with Gasteiger partial charge in [0.25, 0.3) is 0 Å². The maximum absolute atomic E-state index is 4.22. The zero-order valence-corrected chi connectivity index (χ0v) is 9.40. The first kappa shape index (κ1) is 9.47. The molecule has 0 aliphatic heterocycles. The van der Waals surface area contributed by atoms with Crippen molar-refractivity contribution in [3.8, 4) is 11.8 Å². The van der Waals surface area contributed by atoms with Crippen LogP contribution in [0.1, 0.15) is 24.8 Å². The maximum Gasteiger partial charge on any atom is 0.0679 e. The van der Waals surface area contributed by atoms with Crippen LogP contribution in [-0.4, -0.2) is 9.78 Å². The minimum absolute atomic E-state index is 0.884. The van der Waals surface area contributed by atoms with Crippen molar-refractivity contribution in [1.29, 1.82) is 0 Å². The Morgan fingerprint density at radius 2 is 2.31 bits per heavy atom. The average molecular weight is 210 g/mol. The standard InChI is InChI=1S/C14H14N2/c1-16-14-8-7-12(9-13(14)10-15-16)4-2-3-11-5-6-11/h7-11H,3,5-6H2,1H3. The van der Waals surface area contributed by atoms with Crippen LogP contribution in [0, 0.1) is 17.8 Å². The molecule has 1 heterocycles. The van der Waals surface area contributed by atoms with E-state index in [2.05, 4.69) is 35.1 Å². The van der Waals surface area contributed by atoms with Gasteiger partial charge in [0.1, 0.15) is 0 Å². The fraction of sp³-hybridized carbons (Fsp3) is 0.357. The quantitative estimate of drug-likeness (QED) is 0.662.